The first-order valence-corrected chi connectivity index (χ1v) is 9.95. The minimum atomic E-state index is -3.45. The summed E-state index contributed by atoms with van der Waals surface area (Å²) in [6.45, 7) is 0.344. The lowest BCUT2D eigenvalue weighted by Crippen LogP contribution is -2.36. The predicted molar refractivity (Wildman–Crippen MR) is 95.0 cm³/mol. The first kappa shape index (κ1) is 17.1. The molecule has 1 aliphatic rings. The number of aryl methyl sites for hydroxylation is 1. The fraction of sp³-hybridized carbons (Fsp3) is 0.368. The number of aliphatic hydroxyl groups excluding tert-OH is 1. The van der Waals surface area contributed by atoms with Gasteiger partial charge in [0.05, 0.1) is 11.8 Å². The maximum Gasteiger partial charge on any atom is 0.218 e. The Bertz CT molecular complexity index is 774. The van der Waals surface area contributed by atoms with Gasteiger partial charge in [-0.2, -0.15) is 4.31 Å². The van der Waals surface area contributed by atoms with Gasteiger partial charge in [-0.15, -0.1) is 0 Å². The van der Waals surface area contributed by atoms with Crippen LogP contribution in [0, 0.1) is 0 Å². The van der Waals surface area contributed by atoms with E-state index in [9.17, 15) is 13.5 Å². The van der Waals surface area contributed by atoms with Gasteiger partial charge in [-0.3, -0.25) is 0 Å². The minimum Gasteiger partial charge on any atom is -0.396 e. The Hall–Kier alpha value is -1.69. The summed E-state index contributed by atoms with van der Waals surface area (Å²) in [5.74, 6) is -0.00205. The number of sulfonamides is 1. The molecular formula is C19H23NO3S. The molecule has 1 unspecified atom stereocenters. The molecular weight excluding hydrogens is 322 g/mol. The Balaban J connectivity index is 1.89. The highest BCUT2D eigenvalue weighted by Gasteiger charge is 2.34. The van der Waals surface area contributed by atoms with E-state index in [-0.39, 0.29) is 18.4 Å². The van der Waals surface area contributed by atoms with Crippen molar-refractivity contribution < 1.29 is 13.5 Å². The van der Waals surface area contributed by atoms with Crippen LogP contribution in [0.2, 0.25) is 0 Å². The summed E-state index contributed by atoms with van der Waals surface area (Å²) >= 11 is 0. The van der Waals surface area contributed by atoms with Crippen molar-refractivity contribution >= 4 is 10.0 Å². The third-order valence-corrected chi connectivity index (χ3v) is 6.38. The van der Waals surface area contributed by atoms with Crippen LogP contribution in [0.5, 0.6) is 0 Å². The number of hydrogen-bond acceptors (Lipinski definition) is 3. The van der Waals surface area contributed by atoms with Crippen LogP contribution in [0.25, 0.3) is 0 Å². The van der Waals surface area contributed by atoms with Crippen molar-refractivity contribution in [3.05, 3.63) is 71.3 Å². The summed E-state index contributed by atoms with van der Waals surface area (Å²) in [5.41, 5.74) is 3.12. The third-order valence-electron chi connectivity index (χ3n) is 4.53. The van der Waals surface area contributed by atoms with Gasteiger partial charge in [0, 0.05) is 13.2 Å². The zero-order chi connectivity index (χ0) is 17.0. The summed E-state index contributed by atoms with van der Waals surface area (Å²) in [6, 6.07) is 17.2. The molecule has 1 atom stereocenters. The topological polar surface area (TPSA) is 57.6 Å². The minimum absolute atomic E-state index is 0.00205. The van der Waals surface area contributed by atoms with Crippen molar-refractivity contribution in [2.75, 3.05) is 13.2 Å². The fourth-order valence-corrected chi connectivity index (χ4v) is 5.21. The lowest BCUT2D eigenvalue weighted by molar-refractivity contribution is 0.249. The number of aliphatic hydroxyl groups is 1. The standard InChI is InChI=1S/C19H23NO3S/c21-14-6-13-20(19-12-11-17-9-4-5-10-18(17)19)24(22,23)15-16-7-2-1-3-8-16/h1-5,7-10,19,21H,6,11-15H2. The molecule has 0 aliphatic heterocycles. The van der Waals surface area contributed by atoms with E-state index in [1.807, 2.05) is 48.5 Å². The van der Waals surface area contributed by atoms with Crippen molar-refractivity contribution in [2.45, 2.75) is 31.1 Å². The van der Waals surface area contributed by atoms with Gasteiger partial charge in [-0.1, -0.05) is 54.6 Å². The molecule has 2 aromatic rings. The van der Waals surface area contributed by atoms with Gasteiger partial charge in [0.25, 0.3) is 0 Å². The SMILES string of the molecule is O=S(=O)(Cc1ccccc1)N(CCCO)C1CCc2ccccc21. The molecule has 1 aliphatic carbocycles. The average molecular weight is 345 g/mol. The zero-order valence-corrected chi connectivity index (χ0v) is 14.5. The lowest BCUT2D eigenvalue weighted by Gasteiger charge is -2.29. The van der Waals surface area contributed by atoms with E-state index in [2.05, 4.69) is 6.07 Å². The van der Waals surface area contributed by atoms with Crippen LogP contribution in [-0.2, 0) is 22.2 Å². The fourth-order valence-electron chi connectivity index (χ4n) is 3.42. The van der Waals surface area contributed by atoms with Gasteiger partial charge >= 0.3 is 0 Å². The molecule has 3 rings (SSSR count). The Morgan fingerprint density at radius 2 is 1.75 bits per heavy atom. The van der Waals surface area contributed by atoms with E-state index in [4.69, 9.17) is 0 Å². The number of nitrogens with zero attached hydrogens (tertiary/aromatic N) is 1. The highest BCUT2D eigenvalue weighted by molar-refractivity contribution is 7.88. The Morgan fingerprint density at radius 1 is 1.04 bits per heavy atom. The van der Waals surface area contributed by atoms with Gasteiger partial charge in [0.1, 0.15) is 0 Å². The van der Waals surface area contributed by atoms with E-state index in [0.29, 0.717) is 13.0 Å². The van der Waals surface area contributed by atoms with Crippen molar-refractivity contribution in [2.24, 2.45) is 0 Å². The van der Waals surface area contributed by atoms with Crippen LogP contribution in [0.3, 0.4) is 0 Å². The molecule has 0 fully saturated rings. The quantitative estimate of drug-likeness (QED) is 0.839. The Labute approximate surface area is 143 Å². The van der Waals surface area contributed by atoms with E-state index < -0.39 is 10.0 Å². The predicted octanol–water partition coefficient (Wildman–Crippen LogP) is 2.89. The number of hydrogen-bond donors (Lipinski definition) is 1. The van der Waals surface area contributed by atoms with Crippen molar-refractivity contribution in [3.63, 3.8) is 0 Å². The molecule has 4 nitrogen and oxygen atoms in total. The largest absolute Gasteiger partial charge is 0.396 e. The first-order chi connectivity index (χ1) is 11.6. The molecule has 24 heavy (non-hydrogen) atoms. The van der Waals surface area contributed by atoms with Gasteiger partial charge in [-0.05, 0) is 36.0 Å². The van der Waals surface area contributed by atoms with Crippen molar-refractivity contribution in [1.82, 2.24) is 4.31 Å². The van der Waals surface area contributed by atoms with Crippen LogP contribution >= 0.6 is 0 Å². The summed E-state index contributed by atoms with van der Waals surface area (Å²) in [6.07, 6.45) is 2.16. The van der Waals surface area contributed by atoms with Crippen LogP contribution < -0.4 is 0 Å². The van der Waals surface area contributed by atoms with Gasteiger partial charge < -0.3 is 5.11 Å². The molecule has 0 saturated carbocycles. The molecule has 0 aromatic heterocycles. The molecule has 128 valence electrons. The Morgan fingerprint density at radius 3 is 2.50 bits per heavy atom. The average Bonchev–Trinajstić information content (AvgIpc) is 2.99. The van der Waals surface area contributed by atoms with Crippen molar-refractivity contribution in [3.8, 4) is 0 Å². The molecule has 0 amide bonds. The van der Waals surface area contributed by atoms with Crippen LogP contribution in [0.4, 0.5) is 0 Å². The lowest BCUT2D eigenvalue weighted by atomic mass is 10.1. The molecule has 0 heterocycles. The normalized spacial score (nSPS) is 17.2. The first-order valence-electron chi connectivity index (χ1n) is 8.34. The van der Waals surface area contributed by atoms with Crippen LogP contribution in [0.1, 0.15) is 35.6 Å². The van der Waals surface area contributed by atoms with Gasteiger partial charge in [0.15, 0.2) is 0 Å². The molecule has 0 bridgehead atoms. The summed E-state index contributed by atoms with van der Waals surface area (Å²) in [4.78, 5) is 0. The van der Waals surface area contributed by atoms with E-state index in [1.54, 1.807) is 4.31 Å². The van der Waals surface area contributed by atoms with Gasteiger partial charge in [0.2, 0.25) is 10.0 Å². The summed E-state index contributed by atoms with van der Waals surface area (Å²) in [5, 5.41) is 9.19. The molecule has 0 saturated heterocycles. The maximum atomic E-state index is 13.0. The van der Waals surface area contributed by atoms with Crippen LogP contribution in [0.15, 0.2) is 54.6 Å². The smallest absolute Gasteiger partial charge is 0.218 e. The molecule has 5 heteroatoms. The highest BCUT2D eigenvalue weighted by Crippen LogP contribution is 2.37. The second-order valence-corrected chi connectivity index (χ2v) is 8.10. The highest BCUT2D eigenvalue weighted by atomic mass is 32.2. The van der Waals surface area contributed by atoms with Crippen LogP contribution in [-0.4, -0.2) is 31.0 Å². The van der Waals surface area contributed by atoms with E-state index in [0.717, 1.165) is 24.0 Å². The number of fused-ring (bicyclic) bond motifs is 1. The second kappa shape index (κ2) is 7.47. The van der Waals surface area contributed by atoms with Gasteiger partial charge in [-0.25, -0.2) is 8.42 Å². The summed E-state index contributed by atoms with van der Waals surface area (Å²) in [7, 11) is -3.45. The molecule has 2 aromatic carbocycles. The molecule has 1 N–H and O–H groups in total. The molecule has 0 spiro atoms. The van der Waals surface area contributed by atoms with Crippen molar-refractivity contribution in [1.29, 1.82) is 0 Å². The molecule has 0 radical (unpaired) electrons. The van der Waals surface area contributed by atoms with E-state index in [1.165, 1.54) is 5.56 Å². The maximum absolute atomic E-state index is 13.0. The zero-order valence-electron chi connectivity index (χ0n) is 13.6. The third kappa shape index (κ3) is 3.69. The number of benzene rings is 2. The number of rotatable bonds is 7. The monoisotopic (exact) mass is 345 g/mol. The second-order valence-electron chi connectivity index (χ2n) is 6.18. The summed E-state index contributed by atoms with van der Waals surface area (Å²) < 4.78 is 27.7. The van der Waals surface area contributed by atoms with E-state index >= 15 is 0 Å². The Kier molecular flexibility index (Phi) is 5.33.